The van der Waals surface area contributed by atoms with Crippen LogP contribution in [0.2, 0.25) is 0 Å². The molecule has 1 aliphatic rings. The number of quaternary nitrogens is 1. The maximum atomic E-state index is 13.9. The minimum absolute atomic E-state index is 0.105. The number of nitrogens with two attached hydrogens (primary N) is 1. The minimum Gasteiger partial charge on any atom is -0.363 e. The number of hydrogen-bond acceptors (Lipinski definition) is 4. The molecule has 2 aromatic rings. The standard InChI is InChI=1S/C18H18FN3O3/c1-5-13-14(9(2)21-25-13)16-15(17(23)18(20)24)11-8-10(19)6-7-12(11)22(16,3)4/h6-8H,5H2,1-4H3,(H-,20,24)/p+1. The fraction of sp³-hybridized carbons (Fsp3) is 0.278. The van der Waals surface area contributed by atoms with Crippen molar-refractivity contribution in [3.05, 3.63) is 46.6 Å². The second-order valence-electron chi connectivity index (χ2n) is 6.45. The number of aromatic nitrogens is 1. The molecule has 1 aromatic carbocycles. The summed E-state index contributed by atoms with van der Waals surface area (Å²) in [6.07, 6.45) is 0.558. The number of Topliss-reactive ketones (excluding diaryl/α,β-unsaturated/α-hetero) is 1. The SMILES string of the molecule is CCc1onc(C)c1C1=C(C(=O)C(N)=O)c2cc(F)ccc2[N+]1(C)C. The molecule has 3 rings (SSSR count). The van der Waals surface area contributed by atoms with E-state index in [1.54, 1.807) is 13.0 Å². The lowest BCUT2D eigenvalue weighted by atomic mass is 9.97. The lowest BCUT2D eigenvalue weighted by Gasteiger charge is -2.27. The second-order valence-corrected chi connectivity index (χ2v) is 6.45. The van der Waals surface area contributed by atoms with Gasteiger partial charge in [-0.2, -0.15) is 0 Å². The zero-order valence-electron chi connectivity index (χ0n) is 14.5. The van der Waals surface area contributed by atoms with Crippen molar-refractivity contribution < 1.29 is 18.5 Å². The number of carbonyl (C=O) groups excluding carboxylic acids is 2. The predicted molar refractivity (Wildman–Crippen MR) is 91.7 cm³/mol. The van der Waals surface area contributed by atoms with Gasteiger partial charge in [0.25, 0.3) is 11.7 Å². The van der Waals surface area contributed by atoms with E-state index in [0.717, 1.165) is 0 Å². The highest BCUT2D eigenvalue weighted by molar-refractivity contribution is 6.56. The molecule has 2 N–H and O–H groups in total. The van der Waals surface area contributed by atoms with Gasteiger partial charge in [0.2, 0.25) is 0 Å². The minimum atomic E-state index is -1.09. The molecule has 130 valence electrons. The molecule has 1 amide bonds. The summed E-state index contributed by atoms with van der Waals surface area (Å²) in [5, 5.41) is 4.00. The van der Waals surface area contributed by atoms with E-state index in [1.165, 1.54) is 12.1 Å². The smallest absolute Gasteiger partial charge is 0.290 e. The van der Waals surface area contributed by atoms with Crippen LogP contribution in [0.5, 0.6) is 0 Å². The summed E-state index contributed by atoms with van der Waals surface area (Å²) in [4.78, 5) is 24.3. The number of hydrogen-bond donors (Lipinski definition) is 1. The summed E-state index contributed by atoms with van der Waals surface area (Å²) in [5.74, 6) is -1.83. The topological polar surface area (TPSA) is 86.2 Å². The average molecular weight is 344 g/mol. The van der Waals surface area contributed by atoms with Crippen molar-refractivity contribution in [2.45, 2.75) is 20.3 Å². The molecule has 1 aliphatic heterocycles. The van der Waals surface area contributed by atoms with Crippen LogP contribution >= 0.6 is 0 Å². The van der Waals surface area contributed by atoms with E-state index >= 15 is 0 Å². The van der Waals surface area contributed by atoms with E-state index in [2.05, 4.69) is 5.16 Å². The van der Waals surface area contributed by atoms with Crippen LogP contribution in [-0.4, -0.2) is 30.9 Å². The van der Waals surface area contributed by atoms with Crippen LogP contribution in [-0.2, 0) is 16.0 Å². The number of nitrogens with zero attached hydrogens (tertiary/aromatic N) is 2. The monoisotopic (exact) mass is 344 g/mol. The first-order chi connectivity index (χ1) is 11.7. The van der Waals surface area contributed by atoms with E-state index in [9.17, 15) is 14.0 Å². The molecule has 0 radical (unpaired) electrons. The third-order valence-corrected chi connectivity index (χ3v) is 4.57. The van der Waals surface area contributed by atoms with Crippen molar-refractivity contribution >= 4 is 28.6 Å². The maximum Gasteiger partial charge on any atom is 0.290 e. The Morgan fingerprint density at radius 1 is 1.32 bits per heavy atom. The molecule has 7 heteroatoms. The van der Waals surface area contributed by atoms with Gasteiger partial charge in [-0.05, 0) is 19.1 Å². The van der Waals surface area contributed by atoms with E-state index in [-0.39, 0.29) is 10.1 Å². The molecule has 2 heterocycles. The lowest BCUT2D eigenvalue weighted by molar-refractivity contribution is -0.132. The molecular weight excluding hydrogens is 325 g/mol. The Morgan fingerprint density at radius 3 is 2.60 bits per heavy atom. The zero-order valence-corrected chi connectivity index (χ0v) is 14.5. The summed E-state index contributed by atoms with van der Waals surface area (Å²) >= 11 is 0. The van der Waals surface area contributed by atoms with Gasteiger partial charge in [-0.25, -0.2) is 4.39 Å². The molecule has 0 fully saturated rings. The van der Waals surface area contributed by atoms with Crippen LogP contribution in [0.25, 0.3) is 11.3 Å². The van der Waals surface area contributed by atoms with E-state index < -0.39 is 17.5 Å². The summed E-state index contributed by atoms with van der Waals surface area (Å²) in [7, 11) is 3.72. The number of rotatable bonds is 4. The van der Waals surface area contributed by atoms with Crippen molar-refractivity contribution in [3.63, 3.8) is 0 Å². The van der Waals surface area contributed by atoms with Gasteiger partial charge in [-0.3, -0.25) is 14.1 Å². The first kappa shape index (κ1) is 17.0. The number of benzene rings is 1. The number of carbonyl (C=O) groups is 2. The third kappa shape index (κ3) is 2.39. The molecule has 0 bridgehead atoms. The Kier molecular flexibility index (Phi) is 3.84. The lowest BCUT2D eigenvalue weighted by Crippen LogP contribution is -2.37. The quantitative estimate of drug-likeness (QED) is 0.680. The molecule has 0 saturated carbocycles. The Hall–Kier alpha value is -2.80. The summed E-state index contributed by atoms with van der Waals surface area (Å²) in [6, 6.07) is 4.20. The third-order valence-electron chi connectivity index (χ3n) is 4.57. The Balaban J connectivity index is 2.44. The predicted octanol–water partition coefficient (Wildman–Crippen LogP) is 2.19. The number of ketones is 1. The van der Waals surface area contributed by atoms with Gasteiger partial charge in [-0.15, -0.1) is 0 Å². The van der Waals surface area contributed by atoms with Gasteiger partial charge in [-0.1, -0.05) is 12.1 Å². The second kappa shape index (κ2) is 5.63. The molecule has 0 atom stereocenters. The highest BCUT2D eigenvalue weighted by atomic mass is 19.1. The molecule has 0 unspecified atom stereocenters. The van der Waals surface area contributed by atoms with Crippen LogP contribution in [0, 0.1) is 12.7 Å². The van der Waals surface area contributed by atoms with Gasteiger partial charge < -0.3 is 10.3 Å². The molecule has 0 saturated heterocycles. The molecule has 0 spiro atoms. The summed E-state index contributed by atoms with van der Waals surface area (Å²) in [5.41, 5.74) is 8.23. The van der Waals surface area contributed by atoms with Crippen molar-refractivity contribution in [1.29, 1.82) is 0 Å². The number of aryl methyl sites for hydroxylation is 2. The average Bonchev–Trinajstić information content (AvgIpc) is 3.00. The fourth-order valence-electron chi connectivity index (χ4n) is 3.44. The van der Waals surface area contributed by atoms with E-state index in [4.69, 9.17) is 10.3 Å². The van der Waals surface area contributed by atoms with Crippen LogP contribution in [0.1, 0.15) is 29.5 Å². The van der Waals surface area contributed by atoms with E-state index in [0.29, 0.717) is 40.4 Å². The van der Waals surface area contributed by atoms with Gasteiger partial charge >= 0.3 is 0 Å². The van der Waals surface area contributed by atoms with Crippen molar-refractivity contribution in [2.24, 2.45) is 5.73 Å². The van der Waals surface area contributed by atoms with Gasteiger partial charge in [0.15, 0.2) is 5.70 Å². The van der Waals surface area contributed by atoms with E-state index in [1.807, 2.05) is 21.0 Å². The van der Waals surface area contributed by atoms with Crippen LogP contribution in [0.15, 0.2) is 22.7 Å². The Labute approximate surface area is 144 Å². The van der Waals surface area contributed by atoms with Gasteiger partial charge in [0.05, 0.1) is 25.4 Å². The van der Waals surface area contributed by atoms with Crippen molar-refractivity contribution in [3.8, 4) is 0 Å². The normalized spacial score (nSPS) is 15.4. The van der Waals surface area contributed by atoms with Crippen molar-refractivity contribution in [1.82, 2.24) is 9.64 Å². The zero-order chi connectivity index (χ0) is 18.5. The highest BCUT2D eigenvalue weighted by Gasteiger charge is 2.46. The molecule has 25 heavy (non-hydrogen) atoms. The number of amides is 1. The first-order valence-corrected chi connectivity index (χ1v) is 7.89. The Morgan fingerprint density at radius 2 is 2.00 bits per heavy atom. The number of fused-ring (bicyclic) bond motifs is 1. The van der Waals surface area contributed by atoms with Crippen molar-refractivity contribution in [2.75, 3.05) is 14.1 Å². The molecule has 1 aromatic heterocycles. The van der Waals surface area contributed by atoms with Crippen LogP contribution in [0.4, 0.5) is 10.1 Å². The number of primary amides is 1. The van der Waals surface area contributed by atoms with Gasteiger partial charge in [0, 0.05) is 12.5 Å². The maximum absolute atomic E-state index is 13.9. The summed E-state index contributed by atoms with van der Waals surface area (Å²) < 4.78 is 19.4. The van der Waals surface area contributed by atoms with Crippen LogP contribution < -0.4 is 10.2 Å². The van der Waals surface area contributed by atoms with Gasteiger partial charge in [0.1, 0.15) is 28.4 Å². The molecular formula is C18H19FN3O3+. The Bertz CT molecular complexity index is 941. The summed E-state index contributed by atoms with van der Waals surface area (Å²) in [6.45, 7) is 3.67. The molecule has 6 nitrogen and oxygen atoms in total. The molecule has 0 aliphatic carbocycles. The highest BCUT2D eigenvalue weighted by Crippen LogP contribution is 2.49. The number of halogens is 1. The fourth-order valence-corrected chi connectivity index (χ4v) is 3.44. The van der Waals surface area contributed by atoms with Crippen LogP contribution in [0.3, 0.4) is 0 Å². The first-order valence-electron chi connectivity index (χ1n) is 7.89. The largest absolute Gasteiger partial charge is 0.363 e.